The third kappa shape index (κ3) is 14.8. The van der Waals surface area contributed by atoms with Gasteiger partial charge in [-0.3, -0.25) is 9.35 Å². The molecule has 0 fully saturated rings. The summed E-state index contributed by atoms with van der Waals surface area (Å²) >= 11 is 0. The second-order valence-electron chi connectivity index (χ2n) is 5.58. The largest absolute Gasteiger partial charge is 1.00 e. The molecule has 0 amide bonds. The number of hydrogen-bond donors (Lipinski definition) is 1. The van der Waals surface area contributed by atoms with Crippen LogP contribution in [-0.4, -0.2) is 36.8 Å². The van der Waals surface area contributed by atoms with Crippen molar-refractivity contribution in [2.24, 2.45) is 0 Å². The zero-order valence-electron chi connectivity index (χ0n) is 14.7. The zero-order chi connectivity index (χ0) is 17.7. The topological polar surface area (TPSA) is 121 Å². The van der Waals surface area contributed by atoms with Gasteiger partial charge >= 0.3 is 57.4 Å². The predicted octanol–water partition coefficient (Wildman–Crippen LogP) is -1.54. The maximum Gasteiger partial charge on any atom is 1.00 e. The van der Waals surface area contributed by atoms with Gasteiger partial charge in [0.15, 0.2) is 5.25 Å². The molecule has 0 bridgehead atoms. The fraction of sp³-hybridized carbons (Fsp3) is 0.867. The number of esters is 1. The molecule has 1 atom stereocenters. The molecule has 0 aromatic rings. The van der Waals surface area contributed by atoms with Crippen molar-refractivity contribution < 1.29 is 83.8 Å². The molecule has 0 aromatic heterocycles. The molecule has 0 spiro atoms. The van der Waals surface area contributed by atoms with E-state index in [1.807, 2.05) is 0 Å². The molecule has 1 N–H and O–H groups in total. The molecule has 0 saturated heterocycles. The van der Waals surface area contributed by atoms with Gasteiger partial charge < -0.3 is 14.6 Å². The van der Waals surface area contributed by atoms with E-state index in [1.165, 1.54) is 32.1 Å². The summed E-state index contributed by atoms with van der Waals surface area (Å²) in [6.45, 7) is 2.18. The molecule has 24 heavy (non-hydrogen) atoms. The van der Waals surface area contributed by atoms with Crippen LogP contribution in [0, 0.1) is 0 Å². The molecule has 0 aliphatic rings. The van der Waals surface area contributed by atoms with Crippen molar-refractivity contribution >= 4 is 22.1 Å². The zero-order valence-corrected chi connectivity index (χ0v) is 18.6. The average molecular weight is 391 g/mol. The Hall–Kier alpha value is 0.486. The van der Waals surface area contributed by atoms with Crippen LogP contribution in [0.25, 0.3) is 0 Å². The minimum atomic E-state index is -4.82. The monoisotopic (exact) mass is 390 g/mol. The van der Waals surface area contributed by atoms with Crippen LogP contribution in [0.5, 0.6) is 0 Å². The Bertz CT molecular complexity index is 451. The summed E-state index contributed by atoms with van der Waals surface area (Å²) in [4.78, 5) is 21.9. The van der Waals surface area contributed by atoms with Crippen LogP contribution in [-0.2, 0) is 24.4 Å². The van der Waals surface area contributed by atoms with Crippen molar-refractivity contribution in [3.05, 3.63) is 0 Å². The molecule has 0 heterocycles. The fourth-order valence-corrected chi connectivity index (χ4v) is 2.80. The first-order valence-electron chi connectivity index (χ1n) is 8.11. The standard InChI is InChI=1S/C15H28O7S.K/c1-2-3-4-5-6-7-8-9-10-11-22-15(18)13(12-14(16)17)23(19,20)21;/h13H,2-12H2,1H3,(H,16,17)(H,19,20,21);/q;+1/p-1. The second kappa shape index (κ2) is 15.7. The van der Waals surface area contributed by atoms with E-state index in [-0.39, 0.29) is 58.0 Å². The molecular formula is C15H27KO7S. The Balaban J connectivity index is 0. The first kappa shape index (κ1) is 26.7. The third-order valence-corrected chi connectivity index (χ3v) is 4.54. The van der Waals surface area contributed by atoms with Crippen LogP contribution < -0.4 is 56.5 Å². The summed E-state index contributed by atoms with van der Waals surface area (Å²) in [6.07, 6.45) is 8.55. The normalized spacial score (nSPS) is 12.2. The van der Waals surface area contributed by atoms with Gasteiger partial charge in [0, 0.05) is 12.4 Å². The Morgan fingerprint density at radius 2 is 1.46 bits per heavy atom. The van der Waals surface area contributed by atoms with Gasteiger partial charge in [-0.2, -0.15) is 8.42 Å². The average Bonchev–Trinajstić information content (AvgIpc) is 2.45. The van der Waals surface area contributed by atoms with E-state index >= 15 is 0 Å². The van der Waals surface area contributed by atoms with E-state index in [4.69, 9.17) is 9.29 Å². The number of hydrogen-bond acceptors (Lipinski definition) is 6. The molecule has 9 heteroatoms. The SMILES string of the molecule is CCCCCCCCCCCOC(=O)C(CC(=O)[O-])S(=O)(=O)O.[K+]. The molecule has 7 nitrogen and oxygen atoms in total. The summed E-state index contributed by atoms with van der Waals surface area (Å²) in [5.74, 6) is -3.00. The number of aliphatic carboxylic acids is 1. The van der Waals surface area contributed by atoms with E-state index in [9.17, 15) is 23.1 Å². The number of carbonyl (C=O) groups is 2. The van der Waals surface area contributed by atoms with Crippen LogP contribution in [0.4, 0.5) is 0 Å². The van der Waals surface area contributed by atoms with E-state index in [0.717, 1.165) is 19.3 Å². The van der Waals surface area contributed by atoms with Crippen molar-refractivity contribution in [3.63, 3.8) is 0 Å². The fourth-order valence-electron chi connectivity index (χ4n) is 2.14. The van der Waals surface area contributed by atoms with Gasteiger partial charge in [-0.05, 0) is 6.42 Å². The number of ether oxygens (including phenoxy) is 1. The van der Waals surface area contributed by atoms with Crippen molar-refractivity contribution in [1.82, 2.24) is 0 Å². The van der Waals surface area contributed by atoms with E-state index in [2.05, 4.69) is 6.92 Å². The van der Waals surface area contributed by atoms with Gasteiger partial charge in [0.1, 0.15) is 0 Å². The van der Waals surface area contributed by atoms with Crippen LogP contribution in [0.15, 0.2) is 0 Å². The predicted molar refractivity (Wildman–Crippen MR) is 83.1 cm³/mol. The van der Waals surface area contributed by atoms with Gasteiger partial charge in [0.05, 0.1) is 6.61 Å². The first-order chi connectivity index (χ1) is 10.8. The van der Waals surface area contributed by atoms with Gasteiger partial charge in [0.2, 0.25) is 0 Å². The molecule has 0 radical (unpaired) electrons. The number of carbonyl (C=O) groups excluding carboxylic acids is 2. The molecule has 0 aromatic carbocycles. The minimum absolute atomic E-state index is 0. The van der Waals surface area contributed by atoms with E-state index in [0.29, 0.717) is 6.42 Å². The molecule has 136 valence electrons. The molecule has 1 unspecified atom stereocenters. The Morgan fingerprint density at radius 1 is 1.00 bits per heavy atom. The molecule has 0 rings (SSSR count). The summed E-state index contributed by atoms with van der Waals surface area (Å²) in [6, 6.07) is 0. The Labute approximate surface area is 187 Å². The van der Waals surface area contributed by atoms with E-state index < -0.39 is 33.7 Å². The van der Waals surface area contributed by atoms with Crippen molar-refractivity contribution in [1.29, 1.82) is 0 Å². The number of unbranched alkanes of at least 4 members (excludes halogenated alkanes) is 8. The van der Waals surface area contributed by atoms with Crippen LogP contribution in [0.1, 0.15) is 71.1 Å². The summed E-state index contributed by atoms with van der Waals surface area (Å²) in [5, 5.41) is 8.29. The van der Waals surface area contributed by atoms with Crippen molar-refractivity contribution in [2.75, 3.05) is 6.61 Å². The van der Waals surface area contributed by atoms with Crippen LogP contribution >= 0.6 is 0 Å². The summed E-state index contributed by atoms with van der Waals surface area (Å²) in [7, 11) is -4.82. The van der Waals surface area contributed by atoms with Gasteiger partial charge in [-0.25, -0.2) is 0 Å². The Kier molecular flexibility index (Phi) is 17.5. The van der Waals surface area contributed by atoms with Gasteiger partial charge in [-0.15, -0.1) is 0 Å². The molecule has 0 saturated carbocycles. The quantitative estimate of drug-likeness (QED) is 0.165. The van der Waals surface area contributed by atoms with E-state index in [1.54, 1.807) is 0 Å². The van der Waals surface area contributed by atoms with Crippen molar-refractivity contribution in [3.8, 4) is 0 Å². The molecule has 0 aliphatic heterocycles. The smallest absolute Gasteiger partial charge is 0.550 e. The van der Waals surface area contributed by atoms with Crippen LogP contribution in [0.2, 0.25) is 0 Å². The third-order valence-electron chi connectivity index (χ3n) is 3.47. The maximum absolute atomic E-state index is 11.5. The van der Waals surface area contributed by atoms with Gasteiger partial charge in [-0.1, -0.05) is 58.3 Å². The van der Waals surface area contributed by atoms with Crippen LogP contribution in [0.3, 0.4) is 0 Å². The number of carboxylic acid groups (broad SMARTS) is 1. The van der Waals surface area contributed by atoms with Gasteiger partial charge in [0.25, 0.3) is 10.1 Å². The first-order valence-corrected chi connectivity index (χ1v) is 9.62. The Morgan fingerprint density at radius 3 is 1.88 bits per heavy atom. The minimum Gasteiger partial charge on any atom is -0.550 e. The maximum atomic E-state index is 11.5. The molecule has 0 aliphatic carbocycles. The second-order valence-corrected chi connectivity index (χ2v) is 7.17. The van der Waals surface area contributed by atoms with Crippen molar-refractivity contribution in [2.45, 2.75) is 76.4 Å². The molecular weight excluding hydrogens is 363 g/mol. The number of rotatable bonds is 14. The number of carboxylic acids is 1. The summed E-state index contributed by atoms with van der Waals surface area (Å²) < 4.78 is 35.5. The summed E-state index contributed by atoms with van der Waals surface area (Å²) in [5.41, 5.74) is 0.